The first kappa shape index (κ1) is 16.2. The van der Waals surface area contributed by atoms with Crippen LogP contribution in [0.4, 0.5) is 10.5 Å². The number of carbonyl (C=O) groups is 3. The van der Waals surface area contributed by atoms with Crippen LogP contribution in [0.15, 0.2) is 48.0 Å². The predicted molar refractivity (Wildman–Crippen MR) is 93.0 cm³/mol. The molecule has 26 heavy (non-hydrogen) atoms. The summed E-state index contributed by atoms with van der Waals surface area (Å²) in [6.07, 6.45) is 1.38. The molecule has 0 atom stereocenters. The molecule has 0 unspecified atom stereocenters. The summed E-state index contributed by atoms with van der Waals surface area (Å²) in [7, 11) is 0. The Morgan fingerprint density at radius 2 is 1.81 bits per heavy atom. The first-order valence-corrected chi connectivity index (χ1v) is 7.98. The van der Waals surface area contributed by atoms with E-state index in [0.29, 0.717) is 17.1 Å². The smallest absolute Gasteiger partial charge is 0.335 e. The highest BCUT2D eigenvalue weighted by atomic mass is 35.5. The van der Waals surface area contributed by atoms with Gasteiger partial charge in [-0.1, -0.05) is 29.8 Å². The van der Waals surface area contributed by atoms with Crippen molar-refractivity contribution in [1.29, 1.82) is 0 Å². The van der Waals surface area contributed by atoms with Gasteiger partial charge in [0.05, 0.1) is 10.7 Å². The van der Waals surface area contributed by atoms with Crippen LogP contribution in [0.3, 0.4) is 0 Å². The van der Waals surface area contributed by atoms with Crippen LogP contribution in [0.5, 0.6) is 11.5 Å². The van der Waals surface area contributed by atoms with E-state index < -0.39 is 17.8 Å². The number of urea groups is 1. The first-order valence-electron chi connectivity index (χ1n) is 7.60. The highest BCUT2D eigenvalue weighted by Gasteiger charge is 2.37. The Morgan fingerprint density at radius 1 is 1.04 bits per heavy atom. The number of imide groups is 2. The standard InChI is InChI=1S/C18H11ClN2O5/c19-12-3-1-2-4-13(12)21-17(23)11(16(22)20-18(21)24)7-10-5-6-14-15(8-10)26-9-25-14/h1-8H,9H2,(H,20,22,24)/b11-7-. The van der Waals surface area contributed by atoms with Gasteiger partial charge >= 0.3 is 6.03 Å². The molecule has 1 saturated heterocycles. The second-order valence-electron chi connectivity index (χ2n) is 5.52. The molecule has 1 N–H and O–H groups in total. The van der Waals surface area contributed by atoms with Crippen molar-refractivity contribution in [3.8, 4) is 11.5 Å². The zero-order chi connectivity index (χ0) is 18.3. The summed E-state index contributed by atoms with van der Waals surface area (Å²) < 4.78 is 10.5. The summed E-state index contributed by atoms with van der Waals surface area (Å²) in [5.41, 5.74) is 0.561. The molecule has 2 aromatic rings. The van der Waals surface area contributed by atoms with Crippen molar-refractivity contribution < 1.29 is 23.9 Å². The van der Waals surface area contributed by atoms with Crippen molar-refractivity contribution in [3.63, 3.8) is 0 Å². The number of rotatable bonds is 2. The molecule has 0 spiro atoms. The Hall–Kier alpha value is -3.32. The van der Waals surface area contributed by atoms with E-state index in [1.54, 1.807) is 36.4 Å². The van der Waals surface area contributed by atoms with Crippen molar-refractivity contribution in [3.05, 3.63) is 58.6 Å². The fourth-order valence-electron chi connectivity index (χ4n) is 2.68. The summed E-state index contributed by atoms with van der Waals surface area (Å²) in [6, 6.07) is 10.5. The van der Waals surface area contributed by atoms with Crippen molar-refractivity contribution >= 4 is 41.2 Å². The molecule has 0 aliphatic carbocycles. The van der Waals surface area contributed by atoms with Gasteiger partial charge in [0.2, 0.25) is 6.79 Å². The molecule has 2 aliphatic rings. The van der Waals surface area contributed by atoms with Crippen molar-refractivity contribution in [1.82, 2.24) is 5.32 Å². The molecular formula is C18H11ClN2O5. The van der Waals surface area contributed by atoms with Crippen LogP contribution in [0.1, 0.15) is 5.56 Å². The van der Waals surface area contributed by atoms with Crippen LogP contribution in [-0.4, -0.2) is 24.6 Å². The van der Waals surface area contributed by atoms with Gasteiger partial charge in [0, 0.05) is 0 Å². The number of carbonyl (C=O) groups excluding carboxylic acids is 3. The van der Waals surface area contributed by atoms with Crippen LogP contribution in [0.25, 0.3) is 6.08 Å². The van der Waals surface area contributed by atoms with Gasteiger partial charge in [-0.3, -0.25) is 14.9 Å². The number of anilines is 1. The number of nitrogens with zero attached hydrogens (tertiary/aromatic N) is 1. The van der Waals surface area contributed by atoms with Crippen LogP contribution < -0.4 is 19.7 Å². The lowest BCUT2D eigenvalue weighted by atomic mass is 10.1. The SMILES string of the molecule is O=C1NC(=O)N(c2ccccc2Cl)C(=O)/C1=C\c1ccc2c(c1)OCO2. The Bertz CT molecular complexity index is 985. The second-order valence-corrected chi connectivity index (χ2v) is 5.93. The normalized spacial score (nSPS) is 17.7. The van der Waals surface area contributed by atoms with E-state index in [1.807, 2.05) is 0 Å². The van der Waals surface area contributed by atoms with Gasteiger partial charge in [0.15, 0.2) is 11.5 Å². The van der Waals surface area contributed by atoms with E-state index >= 15 is 0 Å². The predicted octanol–water partition coefficient (Wildman–Crippen LogP) is 2.74. The van der Waals surface area contributed by atoms with Crippen molar-refractivity contribution in [2.75, 3.05) is 11.7 Å². The van der Waals surface area contributed by atoms with E-state index in [4.69, 9.17) is 21.1 Å². The molecule has 2 heterocycles. The minimum atomic E-state index is -0.851. The summed E-state index contributed by atoms with van der Waals surface area (Å²) in [5.74, 6) is -0.438. The largest absolute Gasteiger partial charge is 0.454 e. The molecule has 2 aliphatic heterocycles. The summed E-state index contributed by atoms with van der Waals surface area (Å²) >= 11 is 6.09. The Morgan fingerprint density at radius 3 is 2.62 bits per heavy atom. The molecule has 0 saturated carbocycles. The van der Waals surface area contributed by atoms with Gasteiger partial charge in [0.25, 0.3) is 11.8 Å². The third-order valence-corrected chi connectivity index (χ3v) is 4.22. The molecule has 0 bridgehead atoms. The molecule has 8 heteroatoms. The number of barbiturate groups is 1. The number of hydrogen-bond acceptors (Lipinski definition) is 5. The van der Waals surface area contributed by atoms with E-state index in [0.717, 1.165) is 4.90 Å². The lowest BCUT2D eigenvalue weighted by Gasteiger charge is -2.27. The number of amides is 4. The average molecular weight is 371 g/mol. The average Bonchev–Trinajstić information content (AvgIpc) is 3.08. The number of hydrogen-bond donors (Lipinski definition) is 1. The van der Waals surface area contributed by atoms with Gasteiger partial charge in [0.1, 0.15) is 5.57 Å². The second kappa shape index (κ2) is 6.20. The fourth-order valence-corrected chi connectivity index (χ4v) is 2.90. The Kier molecular flexibility index (Phi) is 3.85. The first-order chi connectivity index (χ1) is 12.5. The zero-order valence-corrected chi connectivity index (χ0v) is 13.9. The maximum atomic E-state index is 12.8. The Balaban J connectivity index is 1.74. The minimum Gasteiger partial charge on any atom is -0.454 e. The maximum absolute atomic E-state index is 12.8. The van der Waals surface area contributed by atoms with Crippen molar-refractivity contribution in [2.45, 2.75) is 0 Å². The summed E-state index contributed by atoms with van der Waals surface area (Å²) in [5, 5.41) is 2.37. The molecule has 0 radical (unpaired) electrons. The third kappa shape index (κ3) is 2.68. The number of nitrogens with one attached hydrogen (secondary N) is 1. The van der Waals surface area contributed by atoms with Crippen LogP contribution in [0, 0.1) is 0 Å². The highest BCUT2D eigenvalue weighted by molar-refractivity contribution is 6.42. The van der Waals surface area contributed by atoms with Gasteiger partial charge < -0.3 is 9.47 Å². The summed E-state index contributed by atoms with van der Waals surface area (Å²) in [6.45, 7) is 0.115. The van der Waals surface area contributed by atoms with E-state index in [1.165, 1.54) is 12.1 Å². The van der Waals surface area contributed by atoms with Crippen LogP contribution >= 0.6 is 11.6 Å². The zero-order valence-electron chi connectivity index (χ0n) is 13.2. The molecular weight excluding hydrogens is 360 g/mol. The van der Waals surface area contributed by atoms with Gasteiger partial charge in [-0.05, 0) is 35.9 Å². The fraction of sp³-hybridized carbons (Fsp3) is 0.0556. The van der Waals surface area contributed by atoms with Gasteiger partial charge in [-0.25, -0.2) is 9.69 Å². The quantitative estimate of drug-likeness (QED) is 0.649. The number of para-hydroxylation sites is 1. The van der Waals surface area contributed by atoms with Gasteiger partial charge in [-0.15, -0.1) is 0 Å². The lowest BCUT2D eigenvalue weighted by molar-refractivity contribution is -0.122. The van der Waals surface area contributed by atoms with Crippen LogP contribution in [-0.2, 0) is 9.59 Å². The van der Waals surface area contributed by atoms with Crippen LogP contribution in [0.2, 0.25) is 5.02 Å². The molecule has 0 aromatic heterocycles. The molecule has 2 aromatic carbocycles. The van der Waals surface area contributed by atoms with E-state index in [-0.39, 0.29) is 23.1 Å². The highest BCUT2D eigenvalue weighted by Crippen LogP contribution is 2.34. The molecule has 4 amide bonds. The van der Waals surface area contributed by atoms with E-state index in [9.17, 15) is 14.4 Å². The molecule has 130 valence electrons. The monoisotopic (exact) mass is 370 g/mol. The summed E-state index contributed by atoms with van der Waals surface area (Å²) in [4.78, 5) is 38.0. The maximum Gasteiger partial charge on any atom is 0.335 e. The molecule has 4 rings (SSSR count). The Labute approximate surface area is 152 Å². The number of halogens is 1. The third-order valence-electron chi connectivity index (χ3n) is 3.90. The topological polar surface area (TPSA) is 84.9 Å². The van der Waals surface area contributed by atoms with Gasteiger partial charge in [-0.2, -0.15) is 0 Å². The lowest BCUT2D eigenvalue weighted by Crippen LogP contribution is -2.54. The number of benzene rings is 2. The molecule has 1 fully saturated rings. The number of ether oxygens (including phenoxy) is 2. The minimum absolute atomic E-state index is 0.115. The van der Waals surface area contributed by atoms with E-state index in [2.05, 4.69) is 5.32 Å². The number of fused-ring (bicyclic) bond motifs is 1. The van der Waals surface area contributed by atoms with Crippen molar-refractivity contribution in [2.24, 2.45) is 0 Å². The molecule has 7 nitrogen and oxygen atoms in total.